The van der Waals surface area contributed by atoms with Crippen molar-refractivity contribution in [2.75, 3.05) is 0 Å². The van der Waals surface area contributed by atoms with Crippen molar-refractivity contribution in [2.24, 2.45) is 10.2 Å². The Kier molecular flexibility index (Phi) is 4.22. The number of aromatic nitrogens is 1. The summed E-state index contributed by atoms with van der Waals surface area (Å²) in [4.78, 5) is 4.82. The van der Waals surface area contributed by atoms with E-state index in [4.69, 9.17) is 4.98 Å². The maximum atomic E-state index is 9.29. The number of benzene rings is 3. The zero-order valence-electron chi connectivity index (χ0n) is 14.5. The Labute approximate surface area is 155 Å². The molecule has 0 saturated carbocycles. The zero-order chi connectivity index (χ0) is 18.1. The predicted octanol–water partition coefficient (Wildman–Crippen LogP) is 6.70. The molecule has 0 bridgehead atoms. The molecule has 1 heterocycles. The van der Waals surface area contributed by atoms with Crippen LogP contribution in [0.15, 0.2) is 70.9 Å². The highest BCUT2D eigenvalue weighted by Gasteiger charge is 2.09. The van der Waals surface area contributed by atoms with Gasteiger partial charge in [-0.2, -0.15) is 10.2 Å². The first-order valence-corrected chi connectivity index (χ1v) is 9.10. The first-order valence-electron chi connectivity index (χ1n) is 8.28. The molecule has 0 radical (unpaired) electrons. The number of phenols is 1. The van der Waals surface area contributed by atoms with Crippen LogP contribution in [-0.2, 0) is 0 Å². The number of aryl methyl sites for hydroxylation is 2. The predicted molar refractivity (Wildman–Crippen MR) is 107 cm³/mol. The van der Waals surface area contributed by atoms with Crippen LogP contribution in [0.2, 0.25) is 0 Å². The van der Waals surface area contributed by atoms with Gasteiger partial charge < -0.3 is 5.11 Å². The fourth-order valence-electron chi connectivity index (χ4n) is 2.65. The molecule has 1 aromatic heterocycles. The number of hydrogen-bond donors (Lipinski definition) is 1. The number of phenolic OH excluding ortho intramolecular Hbond substituents is 1. The summed E-state index contributed by atoms with van der Waals surface area (Å²) in [7, 11) is 0. The molecule has 0 unspecified atom stereocenters. The van der Waals surface area contributed by atoms with Gasteiger partial charge in [0.1, 0.15) is 10.8 Å². The molecule has 128 valence electrons. The molecule has 26 heavy (non-hydrogen) atoms. The smallest absolute Gasteiger partial charge is 0.124 e. The molecule has 1 N–H and O–H groups in total. The van der Waals surface area contributed by atoms with E-state index in [9.17, 15) is 5.11 Å². The van der Waals surface area contributed by atoms with Crippen molar-refractivity contribution < 1.29 is 5.11 Å². The second kappa shape index (κ2) is 6.69. The van der Waals surface area contributed by atoms with E-state index >= 15 is 0 Å². The summed E-state index contributed by atoms with van der Waals surface area (Å²) in [6, 6.07) is 18.8. The lowest BCUT2D eigenvalue weighted by Crippen LogP contribution is -1.82. The Hall–Kier alpha value is -3.05. The van der Waals surface area contributed by atoms with Crippen LogP contribution in [0.1, 0.15) is 11.1 Å². The quantitative estimate of drug-likeness (QED) is 0.414. The molecule has 4 aromatic rings. The molecule has 5 heteroatoms. The Morgan fingerprint density at radius 2 is 1.42 bits per heavy atom. The third kappa shape index (κ3) is 3.21. The third-order valence-electron chi connectivity index (χ3n) is 4.33. The maximum Gasteiger partial charge on any atom is 0.124 e. The van der Waals surface area contributed by atoms with Crippen molar-refractivity contribution >= 4 is 32.9 Å². The Morgan fingerprint density at radius 1 is 0.808 bits per heavy atom. The minimum absolute atomic E-state index is 0.217. The van der Waals surface area contributed by atoms with Gasteiger partial charge in [0.2, 0.25) is 0 Å². The summed E-state index contributed by atoms with van der Waals surface area (Å²) in [5.74, 6) is 0.217. The highest BCUT2D eigenvalue weighted by Crippen LogP contribution is 2.33. The maximum absolute atomic E-state index is 9.29. The third-order valence-corrected chi connectivity index (χ3v) is 5.40. The van der Waals surface area contributed by atoms with Gasteiger partial charge in [-0.05, 0) is 79.6 Å². The van der Waals surface area contributed by atoms with Crippen LogP contribution in [0.4, 0.5) is 11.4 Å². The van der Waals surface area contributed by atoms with Gasteiger partial charge in [0.15, 0.2) is 0 Å². The van der Waals surface area contributed by atoms with E-state index in [-0.39, 0.29) is 5.75 Å². The van der Waals surface area contributed by atoms with Crippen LogP contribution >= 0.6 is 11.3 Å². The highest BCUT2D eigenvalue weighted by molar-refractivity contribution is 7.21. The van der Waals surface area contributed by atoms with Crippen molar-refractivity contribution in [3.63, 3.8) is 0 Å². The second-order valence-corrected chi connectivity index (χ2v) is 7.17. The van der Waals surface area contributed by atoms with E-state index in [2.05, 4.69) is 36.2 Å². The van der Waals surface area contributed by atoms with E-state index in [1.807, 2.05) is 24.3 Å². The molecule has 0 atom stereocenters. The van der Waals surface area contributed by atoms with Crippen LogP contribution in [0.5, 0.6) is 5.75 Å². The van der Waals surface area contributed by atoms with Crippen LogP contribution in [0, 0.1) is 13.8 Å². The van der Waals surface area contributed by atoms with Gasteiger partial charge >= 0.3 is 0 Å². The van der Waals surface area contributed by atoms with Gasteiger partial charge in [-0.3, -0.25) is 0 Å². The van der Waals surface area contributed by atoms with Gasteiger partial charge in [0.25, 0.3) is 0 Å². The summed E-state index contributed by atoms with van der Waals surface area (Å²) >= 11 is 1.70. The lowest BCUT2D eigenvalue weighted by molar-refractivity contribution is 0.475. The van der Waals surface area contributed by atoms with Gasteiger partial charge in [-0.1, -0.05) is 6.07 Å². The summed E-state index contributed by atoms with van der Waals surface area (Å²) in [5.41, 5.74) is 6.13. The molecule has 0 aliphatic rings. The van der Waals surface area contributed by atoms with Gasteiger partial charge in [-0.15, -0.1) is 11.3 Å². The fourth-order valence-corrected chi connectivity index (χ4v) is 3.69. The van der Waals surface area contributed by atoms with E-state index in [1.54, 1.807) is 35.6 Å². The molecule has 0 aliphatic carbocycles. The molecule has 4 nitrogen and oxygen atoms in total. The Bertz CT molecular complexity index is 1100. The van der Waals surface area contributed by atoms with Crippen LogP contribution in [0.25, 0.3) is 20.8 Å². The number of aromatic hydroxyl groups is 1. The summed E-state index contributed by atoms with van der Waals surface area (Å²) in [6.07, 6.45) is 0. The number of thiazole rings is 1. The summed E-state index contributed by atoms with van der Waals surface area (Å²) in [5, 5.41) is 18.7. The van der Waals surface area contributed by atoms with Gasteiger partial charge in [0, 0.05) is 5.56 Å². The summed E-state index contributed by atoms with van der Waals surface area (Å²) < 4.78 is 1.21. The van der Waals surface area contributed by atoms with Crippen LogP contribution in [0.3, 0.4) is 0 Å². The monoisotopic (exact) mass is 359 g/mol. The van der Waals surface area contributed by atoms with Crippen molar-refractivity contribution in [1.82, 2.24) is 4.98 Å². The molecule has 0 amide bonds. The van der Waals surface area contributed by atoms with Crippen molar-refractivity contribution in [3.8, 4) is 16.3 Å². The number of nitrogens with zero attached hydrogens (tertiary/aromatic N) is 3. The fraction of sp³-hybridized carbons (Fsp3) is 0.0952. The van der Waals surface area contributed by atoms with Crippen molar-refractivity contribution in [3.05, 3.63) is 71.8 Å². The largest absolute Gasteiger partial charge is 0.508 e. The minimum atomic E-state index is 0.217. The Morgan fingerprint density at radius 3 is 2.08 bits per heavy atom. The normalized spacial score (nSPS) is 11.5. The molecule has 0 aliphatic heterocycles. The molecular weight excluding hydrogens is 342 g/mol. The van der Waals surface area contributed by atoms with Crippen molar-refractivity contribution in [2.45, 2.75) is 13.8 Å². The minimum Gasteiger partial charge on any atom is -0.508 e. The van der Waals surface area contributed by atoms with E-state index < -0.39 is 0 Å². The lowest BCUT2D eigenvalue weighted by atomic mass is 10.1. The number of fused-ring (bicyclic) bond motifs is 1. The van der Waals surface area contributed by atoms with E-state index in [1.165, 1.54) is 15.8 Å². The SMILES string of the molecule is Cc1ccc2sc(-c3ccc(N=Nc4ccc(O)cc4)cc3)nc2c1C. The zero-order valence-corrected chi connectivity index (χ0v) is 15.3. The number of hydrogen-bond acceptors (Lipinski definition) is 5. The molecule has 4 rings (SSSR count). The van der Waals surface area contributed by atoms with E-state index in [0.717, 1.165) is 21.8 Å². The Balaban J connectivity index is 1.59. The number of azo groups is 1. The van der Waals surface area contributed by atoms with Crippen LogP contribution in [-0.4, -0.2) is 10.1 Å². The lowest BCUT2D eigenvalue weighted by Gasteiger charge is -1.98. The standard InChI is InChI=1S/C21H17N3OS/c1-13-3-12-19-20(14(13)2)22-21(26-19)15-4-6-16(7-5-15)23-24-17-8-10-18(25)11-9-17/h3-12,25H,1-2H3. The summed E-state index contributed by atoms with van der Waals surface area (Å²) in [6.45, 7) is 4.23. The van der Waals surface area contributed by atoms with Crippen molar-refractivity contribution in [1.29, 1.82) is 0 Å². The molecule has 3 aromatic carbocycles. The molecule has 0 spiro atoms. The number of rotatable bonds is 3. The van der Waals surface area contributed by atoms with E-state index in [0.29, 0.717) is 5.69 Å². The van der Waals surface area contributed by atoms with Gasteiger partial charge in [-0.25, -0.2) is 4.98 Å². The first-order chi connectivity index (χ1) is 12.6. The topological polar surface area (TPSA) is 57.8 Å². The van der Waals surface area contributed by atoms with Gasteiger partial charge in [0.05, 0.1) is 21.6 Å². The molecule has 0 saturated heterocycles. The van der Waals surface area contributed by atoms with Crippen LogP contribution < -0.4 is 0 Å². The average Bonchev–Trinajstić information content (AvgIpc) is 3.10. The molecular formula is C21H17N3OS. The average molecular weight is 359 g/mol. The second-order valence-electron chi connectivity index (χ2n) is 6.14. The highest BCUT2D eigenvalue weighted by atomic mass is 32.1. The first kappa shape index (κ1) is 16.4. The molecule has 0 fully saturated rings.